The summed E-state index contributed by atoms with van der Waals surface area (Å²) in [4.78, 5) is 31.2. The number of aryl methyl sites for hydroxylation is 1. The number of carbonyl (C=O) groups excluding carboxylic acids is 1. The molecule has 2 aromatic heterocycles. The Morgan fingerprint density at radius 1 is 1.26 bits per heavy atom. The molecule has 1 aliphatic heterocycles. The van der Waals surface area contributed by atoms with Gasteiger partial charge in [0.05, 0.1) is 11.6 Å². The van der Waals surface area contributed by atoms with Gasteiger partial charge in [-0.15, -0.1) is 0 Å². The topological polar surface area (TPSA) is 94.1 Å². The van der Waals surface area contributed by atoms with Crippen LogP contribution in [0.15, 0.2) is 39.8 Å². The molecule has 0 bridgehead atoms. The van der Waals surface area contributed by atoms with Gasteiger partial charge in [0.15, 0.2) is 5.82 Å². The Balaban J connectivity index is 1.37. The molecule has 8 nitrogen and oxygen atoms in total. The van der Waals surface area contributed by atoms with E-state index in [4.69, 9.17) is 4.52 Å². The van der Waals surface area contributed by atoms with Crippen LogP contribution in [0, 0.1) is 12.8 Å². The van der Waals surface area contributed by atoms with Gasteiger partial charge in [0.2, 0.25) is 11.8 Å². The largest absolute Gasteiger partial charge is 0.341 e. The molecule has 140 valence electrons. The molecule has 1 aromatic carbocycles. The van der Waals surface area contributed by atoms with Crippen LogP contribution >= 0.6 is 0 Å². The van der Waals surface area contributed by atoms with Crippen LogP contribution in [0.25, 0.3) is 10.8 Å². The van der Waals surface area contributed by atoms with Gasteiger partial charge in [-0.2, -0.15) is 10.1 Å². The molecular formula is C19H21N5O3. The molecule has 1 saturated heterocycles. The smallest absolute Gasteiger partial charge is 0.275 e. The molecule has 0 spiro atoms. The number of likely N-dealkylation sites (tertiary alicyclic amines) is 1. The molecule has 27 heavy (non-hydrogen) atoms. The quantitative estimate of drug-likeness (QED) is 0.695. The maximum absolute atomic E-state index is 12.6. The van der Waals surface area contributed by atoms with E-state index >= 15 is 0 Å². The predicted octanol–water partition coefficient (Wildman–Crippen LogP) is 1.57. The van der Waals surface area contributed by atoms with Gasteiger partial charge >= 0.3 is 0 Å². The Morgan fingerprint density at radius 2 is 2.04 bits per heavy atom. The number of nitrogens with zero attached hydrogens (tertiary/aromatic N) is 5. The lowest BCUT2D eigenvalue weighted by atomic mass is 9.93. The lowest BCUT2D eigenvalue weighted by molar-refractivity contribution is -0.133. The van der Waals surface area contributed by atoms with E-state index in [0.29, 0.717) is 30.3 Å². The van der Waals surface area contributed by atoms with Gasteiger partial charge in [0, 0.05) is 31.8 Å². The van der Waals surface area contributed by atoms with Crippen LogP contribution in [0.5, 0.6) is 0 Å². The second kappa shape index (κ2) is 7.30. The van der Waals surface area contributed by atoms with E-state index < -0.39 is 0 Å². The van der Waals surface area contributed by atoms with Crippen molar-refractivity contribution in [3.05, 3.63) is 52.5 Å². The number of hydrogen-bond donors (Lipinski definition) is 0. The summed E-state index contributed by atoms with van der Waals surface area (Å²) >= 11 is 0. The fourth-order valence-electron chi connectivity index (χ4n) is 3.54. The summed E-state index contributed by atoms with van der Waals surface area (Å²) in [5.41, 5.74) is -0.233. The van der Waals surface area contributed by atoms with Crippen molar-refractivity contribution in [1.82, 2.24) is 24.8 Å². The van der Waals surface area contributed by atoms with Crippen LogP contribution in [0.4, 0.5) is 0 Å². The third-order valence-corrected chi connectivity index (χ3v) is 5.05. The van der Waals surface area contributed by atoms with E-state index in [0.717, 1.165) is 30.5 Å². The molecule has 1 aliphatic rings. The van der Waals surface area contributed by atoms with Crippen molar-refractivity contribution < 1.29 is 9.32 Å². The summed E-state index contributed by atoms with van der Waals surface area (Å²) in [5, 5.41) is 9.44. The van der Waals surface area contributed by atoms with E-state index in [1.807, 2.05) is 18.2 Å². The minimum atomic E-state index is -0.233. The molecule has 4 rings (SSSR count). The molecule has 0 saturated carbocycles. The fourth-order valence-corrected chi connectivity index (χ4v) is 3.54. The lowest BCUT2D eigenvalue weighted by Crippen LogP contribution is -2.42. The molecule has 0 aliphatic carbocycles. The van der Waals surface area contributed by atoms with Crippen LogP contribution in [0.3, 0.4) is 0 Å². The standard InChI is InChI=1S/C19H21N5O3/c1-13-21-17(22-27-13)10-14-6-8-23(9-7-14)18(25)12-24-19(26)16-5-3-2-4-15(16)11-20-24/h2-5,11,14H,6-10,12H2,1H3. The van der Waals surface area contributed by atoms with Crippen LogP contribution in [-0.4, -0.2) is 43.8 Å². The first-order valence-corrected chi connectivity index (χ1v) is 9.12. The summed E-state index contributed by atoms with van der Waals surface area (Å²) in [7, 11) is 0. The van der Waals surface area contributed by atoms with Crippen molar-refractivity contribution in [1.29, 1.82) is 0 Å². The Hall–Kier alpha value is -3.03. The van der Waals surface area contributed by atoms with Crippen molar-refractivity contribution in [3.63, 3.8) is 0 Å². The van der Waals surface area contributed by atoms with Crippen LogP contribution in [0.2, 0.25) is 0 Å². The van der Waals surface area contributed by atoms with Crippen LogP contribution in [0.1, 0.15) is 24.6 Å². The van der Waals surface area contributed by atoms with Crippen LogP contribution < -0.4 is 5.56 Å². The summed E-state index contributed by atoms with van der Waals surface area (Å²) < 4.78 is 6.26. The van der Waals surface area contributed by atoms with Crippen molar-refractivity contribution >= 4 is 16.7 Å². The third-order valence-electron chi connectivity index (χ3n) is 5.05. The molecule has 8 heteroatoms. The minimum Gasteiger partial charge on any atom is -0.341 e. The van der Waals surface area contributed by atoms with Gasteiger partial charge < -0.3 is 9.42 Å². The van der Waals surface area contributed by atoms with Crippen molar-refractivity contribution in [2.24, 2.45) is 5.92 Å². The normalized spacial score (nSPS) is 15.4. The number of aromatic nitrogens is 4. The number of amides is 1. The Bertz CT molecular complexity index is 1020. The number of hydrogen-bond acceptors (Lipinski definition) is 6. The number of rotatable bonds is 4. The maximum atomic E-state index is 12.6. The molecule has 3 aromatic rings. The van der Waals surface area contributed by atoms with E-state index in [2.05, 4.69) is 15.2 Å². The highest BCUT2D eigenvalue weighted by Gasteiger charge is 2.24. The average Bonchev–Trinajstić information content (AvgIpc) is 3.09. The van der Waals surface area contributed by atoms with Crippen molar-refractivity contribution in [3.8, 4) is 0 Å². The molecule has 0 unspecified atom stereocenters. The number of fused-ring (bicyclic) bond motifs is 1. The van der Waals surface area contributed by atoms with Crippen molar-refractivity contribution in [2.45, 2.75) is 32.7 Å². The number of piperidine rings is 1. The van der Waals surface area contributed by atoms with Gasteiger partial charge in [-0.3, -0.25) is 9.59 Å². The summed E-state index contributed by atoms with van der Waals surface area (Å²) in [6.45, 7) is 3.09. The zero-order valence-electron chi connectivity index (χ0n) is 15.2. The zero-order valence-corrected chi connectivity index (χ0v) is 15.2. The Kier molecular flexibility index (Phi) is 4.70. The Morgan fingerprint density at radius 3 is 2.78 bits per heavy atom. The molecule has 0 N–H and O–H groups in total. The summed E-state index contributed by atoms with van der Waals surface area (Å²) in [6, 6.07) is 7.27. The zero-order chi connectivity index (χ0) is 18.8. The highest BCUT2D eigenvalue weighted by Crippen LogP contribution is 2.21. The van der Waals surface area contributed by atoms with E-state index in [9.17, 15) is 9.59 Å². The highest BCUT2D eigenvalue weighted by atomic mass is 16.5. The molecule has 0 atom stereocenters. The van der Waals surface area contributed by atoms with Crippen LogP contribution in [-0.2, 0) is 17.8 Å². The molecule has 0 radical (unpaired) electrons. The first kappa shape index (κ1) is 17.4. The predicted molar refractivity (Wildman–Crippen MR) is 98.0 cm³/mol. The summed E-state index contributed by atoms with van der Waals surface area (Å²) in [5.74, 6) is 1.66. The van der Waals surface area contributed by atoms with Gasteiger partial charge in [0.1, 0.15) is 6.54 Å². The average molecular weight is 367 g/mol. The van der Waals surface area contributed by atoms with Gasteiger partial charge in [0.25, 0.3) is 5.56 Å². The fraction of sp³-hybridized carbons (Fsp3) is 0.421. The lowest BCUT2D eigenvalue weighted by Gasteiger charge is -2.31. The first-order chi connectivity index (χ1) is 13.1. The second-order valence-corrected chi connectivity index (χ2v) is 6.95. The second-order valence-electron chi connectivity index (χ2n) is 6.95. The van der Waals surface area contributed by atoms with Crippen molar-refractivity contribution in [2.75, 3.05) is 13.1 Å². The van der Waals surface area contributed by atoms with E-state index in [-0.39, 0.29) is 18.0 Å². The van der Waals surface area contributed by atoms with Gasteiger partial charge in [-0.25, -0.2) is 4.68 Å². The molecule has 3 heterocycles. The van der Waals surface area contributed by atoms with Gasteiger partial charge in [-0.05, 0) is 24.8 Å². The molecule has 1 fully saturated rings. The number of carbonyl (C=O) groups is 1. The van der Waals surface area contributed by atoms with Gasteiger partial charge in [-0.1, -0.05) is 23.4 Å². The molecular weight excluding hydrogens is 346 g/mol. The minimum absolute atomic E-state index is 0.0294. The SMILES string of the molecule is Cc1nc(CC2CCN(C(=O)Cn3ncc4ccccc4c3=O)CC2)no1. The first-order valence-electron chi connectivity index (χ1n) is 9.12. The third kappa shape index (κ3) is 3.74. The van der Waals surface area contributed by atoms with E-state index in [1.165, 1.54) is 4.68 Å². The number of benzene rings is 1. The maximum Gasteiger partial charge on any atom is 0.275 e. The summed E-state index contributed by atoms with van der Waals surface area (Å²) in [6.07, 6.45) is 4.17. The Labute approximate surface area is 155 Å². The highest BCUT2D eigenvalue weighted by molar-refractivity contribution is 5.81. The molecule has 1 amide bonds. The monoisotopic (exact) mass is 367 g/mol. The van der Waals surface area contributed by atoms with E-state index in [1.54, 1.807) is 24.1 Å².